The smallest absolute Gasteiger partial charge is 0.319 e. The second-order valence-electron chi connectivity index (χ2n) is 6.72. The minimum atomic E-state index is -0.164. The summed E-state index contributed by atoms with van der Waals surface area (Å²) in [4.78, 5) is 17.1. The number of nitrogens with zero attached hydrogens (tertiary/aromatic N) is 2. The quantitative estimate of drug-likeness (QED) is 0.902. The van der Waals surface area contributed by atoms with Crippen molar-refractivity contribution in [2.45, 2.75) is 44.7 Å². The van der Waals surface area contributed by atoms with Crippen LogP contribution in [0.15, 0.2) is 30.5 Å². The number of urea groups is 1. The lowest BCUT2D eigenvalue weighted by atomic mass is 10.1. The molecule has 2 aliphatic heterocycles. The van der Waals surface area contributed by atoms with Gasteiger partial charge in [-0.3, -0.25) is 0 Å². The maximum atomic E-state index is 12.4. The Bertz CT molecular complexity index is 726. The van der Waals surface area contributed by atoms with Gasteiger partial charge in [0, 0.05) is 44.0 Å². The third-order valence-electron chi connectivity index (χ3n) is 4.92. The van der Waals surface area contributed by atoms with Crippen molar-refractivity contribution in [2.24, 2.45) is 0 Å². The average Bonchev–Trinajstić information content (AvgIpc) is 3.07. The Labute approximate surface area is 147 Å². The first kappa shape index (κ1) is 16.1. The summed E-state index contributed by atoms with van der Waals surface area (Å²) in [6.45, 7) is 2.45. The van der Waals surface area contributed by atoms with Crippen LogP contribution in [0.4, 0.5) is 10.5 Å². The van der Waals surface area contributed by atoms with Crippen LogP contribution in [0.5, 0.6) is 0 Å². The SMILES string of the molecule is O=C(Nc1ccccc1-c1cn2c(n1)CCCC2)NC1CCOCC1. The van der Waals surface area contributed by atoms with Crippen LogP contribution in [0.2, 0.25) is 0 Å². The van der Waals surface area contributed by atoms with Gasteiger partial charge >= 0.3 is 6.03 Å². The van der Waals surface area contributed by atoms with E-state index in [-0.39, 0.29) is 12.1 Å². The largest absolute Gasteiger partial charge is 0.381 e. The maximum absolute atomic E-state index is 12.4. The fraction of sp³-hybridized carbons (Fsp3) is 0.474. The van der Waals surface area contributed by atoms with Gasteiger partial charge in [0.2, 0.25) is 0 Å². The summed E-state index contributed by atoms with van der Waals surface area (Å²) < 4.78 is 7.57. The molecular weight excluding hydrogens is 316 g/mol. The summed E-state index contributed by atoms with van der Waals surface area (Å²) in [5, 5.41) is 6.04. The molecule has 2 N–H and O–H groups in total. The van der Waals surface area contributed by atoms with Crippen LogP contribution >= 0.6 is 0 Å². The molecule has 132 valence electrons. The lowest BCUT2D eigenvalue weighted by Crippen LogP contribution is -2.41. The Morgan fingerprint density at radius 2 is 2.04 bits per heavy atom. The Hall–Kier alpha value is -2.34. The number of imidazole rings is 1. The van der Waals surface area contributed by atoms with Gasteiger partial charge in [-0.05, 0) is 31.7 Å². The fourth-order valence-corrected chi connectivity index (χ4v) is 3.54. The maximum Gasteiger partial charge on any atom is 0.319 e. The molecule has 0 unspecified atom stereocenters. The fourth-order valence-electron chi connectivity index (χ4n) is 3.54. The van der Waals surface area contributed by atoms with Crippen LogP contribution in [0.25, 0.3) is 11.3 Å². The summed E-state index contributed by atoms with van der Waals surface area (Å²) in [5.74, 6) is 1.14. The van der Waals surface area contributed by atoms with Crippen molar-refractivity contribution in [3.8, 4) is 11.3 Å². The van der Waals surface area contributed by atoms with E-state index >= 15 is 0 Å². The first-order valence-corrected chi connectivity index (χ1v) is 9.10. The van der Waals surface area contributed by atoms with E-state index in [9.17, 15) is 4.79 Å². The number of fused-ring (bicyclic) bond motifs is 1. The summed E-state index contributed by atoms with van der Waals surface area (Å²) in [6, 6.07) is 7.87. The van der Waals surface area contributed by atoms with E-state index < -0.39 is 0 Å². The number of hydrogen-bond donors (Lipinski definition) is 2. The highest BCUT2D eigenvalue weighted by atomic mass is 16.5. The normalized spacial score (nSPS) is 17.8. The summed E-state index contributed by atoms with van der Waals surface area (Å²) in [6.07, 6.45) is 7.26. The molecule has 2 aromatic rings. The number of carbonyl (C=O) groups excluding carboxylic acids is 1. The highest BCUT2D eigenvalue weighted by Gasteiger charge is 2.18. The van der Waals surface area contributed by atoms with Crippen molar-refractivity contribution in [1.82, 2.24) is 14.9 Å². The number of aryl methyl sites for hydroxylation is 2. The Kier molecular flexibility index (Phi) is 4.70. The molecule has 6 nitrogen and oxygen atoms in total. The monoisotopic (exact) mass is 340 g/mol. The van der Waals surface area contributed by atoms with Gasteiger partial charge in [0.15, 0.2) is 0 Å². The summed E-state index contributed by atoms with van der Waals surface area (Å²) >= 11 is 0. The zero-order chi connectivity index (χ0) is 17.1. The summed E-state index contributed by atoms with van der Waals surface area (Å²) in [5.41, 5.74) is 2.69. The molecule has 0 aliphatic carbocycles. The van der Waals surface area contributed by atoms with Crippen molar-refractivity contribution >= 4 is 11.7 Å². The molecule has 0 radical (unpaired) electrons. The Morgan fingerprint density at radius 3 is 2.88 bits per heavy atom. The second kappa shape index (κ2) is 7.27. The zero-order valence-electron chi connectivity index (χ0n) is 14.3. The minimum Gasteiger partial charge on any atom is -0.381 e. The van der Waals surface area contributed by atoms with E-state index in [0.29, 0.717) is 13.2 Å². The van der Waals surface area contributed by atoms with Crippen LogP contribution in [0.1, 0.15) is 31.5 Å². The Balaban J connectivity index is 1.50. The predicted molar refractivity (Wildman–Crippen MR) is 96.6 cm³/mol. The summed E-state index contributed by atoms with van der Waals surface area (Å²) in [7, 11) is 0. The van der Waals surface area contributed by atoms with Gasteiger partial charge in [0.1, 0.15) is 5.82 Å². The van der Waals surface area contributed by atoms with E-state index in [4.69, 9.17) is 9.72 Å². The number of aromatic nitrogens is 2. The number of ether oxygens (including phenoxy) is 1. The van der Waals surface area contributed by atoms with E-state index in [1.165, 1.54) is 12.8 Å². The van der Waals surface area contributed by atoms with Gasteiger partial charge in [0.25, 0.3) is 0 Å². The van der Waals surface area contributed by atoms with Gasteiger partial charge < -0.3 is 19.9 Å². The lowest BCUT2D eigenvalue weighted by molar-refractivity contribution is 0.0806. The molecule has 0 spiro atoms. The highest BCUT2D eigenvalue weighted by molar-refractivity contribution is 5.94. The average molecular weight is 340 g/mol. The number of rotatable bonds is 3. The van der Waals surface area contributed by atoms with Crippen molar-refractivity contribution in [3.63, 3.8) is 0 Å². The Morgan fingerprint density at radius 1 is 1.20 bits per heavy atom. The van der Waals surface area contributed by atoms with E-state index in [2.05, 4.69) is 21.4 Å². The van der Waals surface area contributed by atoms with Crippen LogP contribution < -0.4 is 10.6 Å². The number of amides is 2. The number of anilines is 1. The molecule has 25 heavy (non-hydrogen) atoms. The van der Waals surface area contributed by atoms with Gasteiger partial charge in [-0.25, -0.2) is 9.78 Å². The van der Waals surface area contributed by atoms with Crippen LogP contribution in [-0.2, 0) is 17.7 Å². The van der Waals surface area contributed by atoms with Gasteiger partial charge in [0.05, 0.1) is 11.4 Å². The second-order valence-corrected chi connectivity index (χ2v) is 6.72. The third-order valence-corrected chi connectivity index (χ3v) is 4.92. The highest BCUT2D eigenvalue weighted by Crippen LogP contribution is 2.28. The number of carbonyl (C=O) groups is 1. The molecule has 0 bridgehead atoms. The molecule has 1 saturated heterocycles. The molecule has 1 aromatic heterocycles. The molecule has 6 heteroatoms. The topological polar surface area (TPSA) is 68.2 Å². The standard InChI is InChI=1S/C19H24N4O2/c24-19(20-14-8-11-25-12-9-14)22-16-6-2-1-5-15(16)17-13-23-10-4-3-7-18(23)21-17/h1-2,5-6,13-14H,3-4,7-12H2,(H2,20,22,24). The van der Waals surface area contributed by atoms with Crippen molar-refractivity contribution in [3.05, 3.63) is 36.3 Å². The molecule has 1 aromatic carbocycles. The van der Waals surface area contributed by atoms with Crippen molar-refractivity contribution < 1.29 is 9.53 Å². The molecule has 4 rings (SSSR count). The number of benzene rings is 1. The first-order valence-electron chi connectivity index (χ1n) is 9.10. The number of hydrogen-bond acceptors (Lipinski definition) is 3. The zero-order valence-corrected chi connectivity index (χ0v) is 14.3. The molecule has 0 atom stereocenters. The van der Waals surface area contributed by atoms with E-state index in [1.54, 1.807) is 0 Å². The molecule has 3 heterocycles. The van der Waals surface area contributed by atoms with Gasteiger partial charge in [-0.1, -0.05) is 18.2 Å². The lowest BCUT2D eigenvalue weighted by Gasteiger charge is -2.23. The van der Waals surface area contributed by atoms with Crippen molar-refractivity contribution in [1.29, 1.82) is 0 Å². The minimum absolute atomic E-state index is 0.164. The molecule has 2 amide bonds. The molecule has 1 fully saturated rings. The van der Waals surface area contributed by atoms with E-state index in [1.807, 2.05) is 24.3 Å². The van der Waals surface area contributed by atoms with Crippen LogP contribution in [0.3, 0.4) is 0 Å². The van der Waals surface area contributed by atoms with E-state index in [0.717, 1.165) is 48.6 Å². The number of para-hydroxylation sites is 1. The number of nitrogens with one attached hydrogen (secondary N) is 2. The third kappa shape index (κ3) is 3.69. The first-order chi connectivity index (χ1) is 12.3. The molecular formula is C19H24N4O2. The molecule has 0 saturated carbocycles. The van der Waals surface area contributed by atoms with Crippen LogP contribution in [-0.4, -0.2) is 34.8 Å². The van der Waals surface area contributed by atoms with Gasteiger partial charge in [-0.2, -0.15) is 0 Å². The predicted octanol–water partition coefficient (Wildman–Crippen LogP) is 3.19. The van der Waals surface area contributed by atoms with Crippen molar-refractivity contribution in [2.75, 3.05) is 18.5 Å². The van der Waals surface area contributed by atoms with Crippen LogP contribution in [0, 0.1) is 0 Å². The van der Waals surface area contributed by atoms with Gasteiger partial charge in [-0.15, -0.1) is 0 Å². The molecule has 2 aliphatic rings.